The fraction of sp³-hybridized carbons (Fsp3) is 0.773. The van der Waals surface area contributed by atoms with Crippen molar-refractivity contribution in [3.05, 3.63) is 12.7 Å². The van der Waals surface area contributed by atoms with Crippen LogP contribution in [-0.4, -0.2) is 77.6 Å². The monoisotopic (exact) mass is 555 g/mol. The number of ether oxygens (including phenoxy) is 1. The van der Waals surface area contributed by atoms with Crippen molar-refractivity contribution >= 4 is 50.2 Å². The van der Waals surface area contributed by atoms with E-state index >= 15 is 0 Å². The van der Waals surface area contributed by atoms with Crippen molar-refractivity contribution in [3.63, 3.8) is 0 Å². The summed E-state index contributed by atoms with van der Waals surface area (Å²) in [7, 11) is -7.22. The first-order chi connectivity index (χ1) is 15.8. The van der Waals surface area contributed by atoms with Crippen LogP contribution in [0.1, 0.15) is 6.23 Å². The number of hydrogen-bond donors (Lipinski definition) is 1. The molecule has 3 heterocycles. The summed E-state index contributed by atoms with van der Waals surface area (Å²) in [6.45, 7) is 27.0. The maximum atomic E-state index is 6.78. The predicted octanol–water partition coefficient (Wildman–Crippen LogP) is 5.26. The highest BCUT2D eigenvalue weighted by Gasteiger charge is 2.50. The minimum atomic E-state index is -1.94. The summed E-state index contributed by atoms with van der Waals surface area (Å²) in [6.07, 6.45) is 2.22. The minimum absolute atomic E-state index is 0.228. The van der Waals surface area contributed by atoms with Crippen molar-refractivity contribution in [2.75, 3.05) is 11.6 Å². The van der Waals surface area contributed by atoms with E-state index < -0.39 is 39.4 Å². The number of hydrogen-bond acceptors (Lipinski definition) is 8. The summed E-state index contributed by atoms with van der Waals surface area (Å²) in [5, 5.41) is 0. The third-order valence-corrected chi connectivity index (χ3v) is 9.05. The Morgan fingerprint density at radius 2 is 1.43 bits per heavy atom. The molecule has 198 valence electrons. The van der Waals surface area contributed by atoms with Crippen LogP contribution in [-0.2, 0) is 18.0 Å². The second-order valence-electron chi connectivity index (χ2n) is 13.3. The van der Waals surface area contributed by atoms with Gasteiger partial charge in [0.15, 0.2) is 36.8 Å². The van der Waals surface area contributed by atoms with E-state index in [0.29, 0.717) is 6.61 Å². The van der Waals surface area contributed by atoms with Crippen LogP contribution in [0, 0.1) is 0 Å². The summed E-state index contributed by atoms with van der Waals surface area (Å²) in [6, 6.07) is 0. The van der Waals surface area contributed by atoms with Crippen molar-refractivity contribution in [3.8, 4) is 0 Å². The molecule has 1 N–H and O–H groups in total. The first-order valence-corrected chi connectivity index (χ1v) is 26.2. The van der Waals surface area contributed by atoms with E-state index in [9.17, 15) is 0 Å². The zero-order chi connectivity index (χ0) is 26.4. The van der Waals surface area contributed by atoms with Gasteiger partial charge in [-0.25, -0.2) is 15.0 Å². The molecule has 0 aromatic carbocycles. The van der Waals surface area contributed by atoms with Gasteiger partial charge in [-0.3, -0.25) is 4.57 Å². The van der Waals surface area contributed by atoms with E-state index in [4.69, 9.17) is 23.0 Å². The van der Waals surface area contributed by atoms with Gasteiger partial charge < -0.3 is 23.0 Å². The molecule has 1 aliphatic heterocycles. The van der Waals surface area contributed by atoms with Crippen molar-refractivity contribution in [2.24, 2.45) is 0 Å². The van der Waals surface area contributed by atoms with Crippen LogP contribution in [0.4, 0.5) is 5.82 Å². The molecule has 3 rings (SSSR count). The van der Waals surface area contributed by atoms with Gasteiger partial charge in [0, 0.05) is 0 Å². The Balaban J connectivity index is 2.05. The van der Waals surface area contributed by atoms with Crippen LogP contribution in [0.2, 0.25) is 78.6 Å². The van der Waals surface area contributed by atoms with E-state index in [1.807, 2.05) is 4.57 Å². The first-order valence-electron chi connectivity index (χ1n) is 12.4. The van der Waals surface area contributed by atoms with Gasteiger partial charge in [0.1, 0.15) is 44.2 Å². The zero-order valence-electron chi connectivity index (χ0n) is 23.6. The quantitative estimate of drug-likeness (QED) is 0.397. The van der Waals surface area contributed by atoms with Crippen LogP contribution in [0.25, 0.3) is 11.2 Å². The largest absolute Gasteiger partial charge is 0.415 e. The summed E-state index contributed by atoms with van der Waals surface area (Å²) in [4.78, 5) is 17.4. The maximum Gasteiger partial charge on any atom is 0.184 e. The molecular formula is C22H45N5O4Si4. The molecule has 2 aromatic heterocycles. The van der Waals surface area contributed by atoms with E-state index in [-0.39, 0.29) is 18.3 Å². The van der Waals surface area contributed by atoms with Crippen molar-refractivity contribution in [2.45, 2.75) is 103 Å². The lowest BCUT2D eigenvalue weighted by Gasteiger charge is -2.34. The molecule has 0 bridgehead atoms. The number of imidazole rings is 1. The Morgan fingerprint density at radius 1 is 0.829 bits per heavy atom. The second-order valence-corrected chi connectivity index (χ2v) is 31.5. The number of nitrogens with zero attached hydrogens (tertiary/aromatic N) is 4. The van der Waals surface area contributed by atoms with Crippen molar-refractivity contribution in [1.82, 2.24) is 19.5 Å². The van der Waals surface area contributed by atoms with Crippen LogP contribution in [0.5, 0.6) is 0 Å². The average Bonchev–Trinajstić information content (AvgIpc) is 3.19. The normalized spacial score (nSPS) is 24.3. The molecule has 35 heavy (non-hydrogen) atoms. The van der Waals surface area contributed by atoms with Gasteiger partial charge in [-0.15, -0.1) is 0 Å². The lowest BCUT2D eigenvalue weighted by Crippen LogP contribution is -2.48. The van der Waals surface area contributed by atoms with Crippen molar-refractivity contribution < 1.29 is 18.0 Å². The molecule has 1 fully saturated rings. The minimum Gasteiger partial charge on any atom is -0.415 e. The number of anilines is 1. The molecule has 0 amide bonds. The predicted molar refractivity (Wildman–Crippen MR) is 152 cm³/mol. The molecule has 4 unspecified atom stereocenters. The summed E-state index contributed by atoms with van der Waals surface area (Å²) in [5.41, 5.74) is 1.48. The van der Waals surface area contributed by atoms with Gasteiger partial charge in [-0.05, 0) is 58.9 Å². The Morgan fingerprint density at radius 3 is 1.97 bits per heavy atom. The SMILES string of the molecule is C[Si](C)(C)Nc1ncnc2c1ncn2C1OC(CO[Si](C)(C)C)C(O[Si](C)(C)C)C1O[Si](C)(C)C. The maximum absolute atomic E-state index is 6.78. The number of rotatable bonds is 10. The number of fused-ring (bicyclic) bond motifs is 1. The standard InChI is InChI=1S/C22H45N5O4Si4/c1-32(2,3)26-20-17-21(24-14-23-20)27(15-25-17)22-19(31-35(10,11)12)18(30-34(7,8)9)16(29-22)13-28-33(4,5)6/h14-16,18-19,22H,13H2,1-12H3,(H,23,24,26). The second kappa shape index (κ2) is 10.1. The molecule has 1 saturated heterocycles. The number of aromatic nitrogens is 4. The molecule has 4 atom stereocenters. The van der Waals surface area contributed by atoms with Crippen molar-refractivity contribution in [1.29, 1.82) is 0 Å². The smallest absolute Gasteiger partial charge is 0.184 e. The third kappa shape index (κ3) is 8.02. The zero-order valence-corrected chi connectivity index (χ0v) is 27.6. The van der Waals surface area contributed by atoms with Crippen LogP contribution >= 0.6 is 0 Å². The summed E-state index contributed by atoms with van der Waals surface area (Å²) < 4.78 is 28.5. The number of nitrogens with one attached hydrogen (secondary N) is 1. The molecule has 13 heteroatoms. The molecule has 0 spiro atoms. The van der Waals surface area contributed by atoms with E-state index in [1.54, 1.807) is 12.7 Å². The Bertz CT molecular complexity index is 1010. The third-order valence-electron chi connectivity index (χ3n) is 5.07. The molecule has 0 aliphatic carbocycles. The Labute approximate surface area is 214 Å². The van der Waals surface area contributed by atoms with E-state index in [2.05, 4.69) is 93.5 Å². The summed E-state index contributed by atoms with van der Waals surface area (Å²) >= 11 is 0. The molecule has 0 radical (unpaired) electrons. The van der Waals surface area contributed by atoms with Gasteiger partial charge >= 0.3 is 0 Å². The van der Waals surface area contributed by atoms with Crippen LogP contribution in [0.15, 0.2) is 12.7 Å². The Kier molecular flexibility index (Phi) is 8.24. The molecule has 0 saturated carbocycles. The van der Waals surface area contributed by atoms with Gasteiger partial charge in [0.05, 0.1) is 12.9 Å². The highest BCUT2D eigenvalue weighted by Crippen LogP contribution is 2.39. The molecular weight excluding hydrogens is 511 g/mol. The van der Waals surface area contributed by atoms with Gasteiger partial charge in [0.25, 0.3) is 0 Å². The first kappa shape index (κ1) is 28.6. The van der Waals surface area contributed by atoms with E-state index in [1.165, 1.54) is 0 Å². The van der Waals surface area contributed by atoms with Crippen LogP contribution < -0.4 is 4.98 Å². The highest BCUT2D eigenvalue weighted by atomic mass is 28.4. The van der Waals surface area contributed by atoms with Gasteiger partial charge in [-0.2, -0.15) is 0 Å². The van der Waals surface area contributed by atoms with E-state index in [0.717, 1.165) is 17.0 Å². The lowest BCUT2D eigenvalue weighted by molar-refractivity contribution is -0.0457. The van der Waals surface area contributed by atoms with Gasteiger partial charge in [0.2, 0.25) is 0 Å². The molecule has 9 nitrogen and oxygen atoms in total. The van der Waals surface area contributed by atoms with Gasteiger partial charge in [-0.1, -0.05) is 19.6 Å². The van der Waals surface area contributed by atoms with Crippen LogP contribution in [0.3, 0.4) is 0 Å². The summed E-state index contributed by atoms with van der Waals surface area (Å²) in [5.74, 6) is 0.766. The molecule has 2 aromatic rings. The highest BCUT2D eigenvalue weighted by molar-refractivity contribution is 6.79. The fourth-order valence-electron chi connectivity index (χ4n) is 3.97. The average molecular weight is 556 g/mol. The topological polar surface area (TPSA) is 92.6 Å². The fourth-order valence-corrected chi connectivity index (χ4v) is 7.69. The molecule has 1 aliphatic rings. The Hall–Kier alpha value is -0.942. The lowest BCUT2D eigenvalue weighted by atomic mass is 10.1.